The Kier molecular flexibility index (Phi) is 13.7. The van der Waals surface area contributed by atoms with E-state index in [1.165, 1.54) is 22.3 Å². The third-order valence-electron chi connectivity index (χ3n) is 11.1. The fourth-order valence-electron chi connectivity index (χ4n) is 8.60. The summed E-state index contributed by atoms with van der Waals surface area (Å²) in [6.07, 6.45) is 25.2. The second kappa shape index (κ2) is 16.7. The van der Waals surface area contributed by atoms with Crippen molar-refractivity contribution >= 4 is 5.49 Å². The first-order valence-electron chi connectivity index (χ1n) is 18.5. The zero-order valence-corrected chi connectivity index (χ0v) is 38.6. The molecule has 4 aliphatic rings. The third-order valence-corrected chi connectivity index (χ3v) is 38.8. The van der Waals surface area contributed by atoms with Gasteiger partial charge in [0.15, 0.2) is 0 Å². The second-order valence-corrected chi connectivity index (χ2v) is 41.6. The van der Waals surface area contributed by atoms with Gasteiger partial charge in [0.25, 0.3) is 0 Å². The van der Waals surface area contributed by atoms with Crippen LogP contribution in [0.15, 0.2) is 131 Å². The van der Waals surface area contributed by atoms with Crippen LogP contribution in [0.2, 0.25) is 20.4 Å². The van der Waals surface area contributed by atoms with E-state index in [0.717, 1.165) is 35.1 Å². The molecule has 4 unspecified atom stereocenters. The molecule has 6 rings (SSSR count). The fraction of sp³-hybridized carbons (Fsp3) is 0.391. The average Bonchev–Trinajstić information content (AvgIpc) is 3.39. The molecule has 52 heavy (non-hydrogen) atoms. The first-order chi connectivity index (χ1) is 23.6. The van der Waals surface area contributed by atoms with Crippen LogP contribution < -0.4 is 24.8 Å². The molecular formula is C46H54Cl2F2HfSi. The molecule has 2 aromatic carbocycles. The summed E-state index contributed by atoms with van der Waals surface area (Å²) in [5, 5.41) is 0. The molecule has 0 nitrogen and oxygen atoms in total. The minimum absolute atomic E-state index is 0. The third kappa shape index (κ3) is 8.12. The predicted octanol–water partition coefficient (Wildman–Crippen LogP) is 7.43. The molecule has 0 bridgehead atoms. The van der Waals surface area contributed by atoms with Gasteiger partial charge in [0.1, 0.15) is 0 Å². The van der Waals surface area contributed by atoms with Crippen LogP contribution in [0.25, 0.3) is 0 Å². The average molecular weight is 922 g/mol. The molecule has 4 atom stereocenters. The van der Waals surface area contributed by atoms with Crippen LogP contribution in [0, 0.1) is 11.6 Å². The molecule has 0 heterocycles. The van der Waals surface area contributed by atoms with Crippen molar-refractivity contribution in [3.8, 4) is 0 Å². The Hall–Kier alpha value is -2.11. The van der Waals surface area contributed by atoms with E-state index >= 15 is 8.78 Å². The van der Waals surface area contributed by atoms with Crippen LogP contribution in [0.4, 0.5) is 8.78 Å². The zero-order chi connectivity index (χ0) is 36.1. The van der Waals surface area contributed by atoms with Crippen molar-refractivity contribution in [2.75, 3.05) is 0 Å². The molecule has 274 valence electrons. The fourth-order valence-corrected chi connectivity index (χ4v) is 38.2. The van der Waals surface area contributed by atoms with Gasteiger partial charge in [-0.2, -0.15) is 0 Å². The van der Waals surface area contributed by atoms with E-state index in [2.05, 4.69) is 141 Å². The van der Waals surface area contributed by atoms with Gasteiger partial charge in [-0.05, 0) is 0 Å². The Bertz CT molecular complexity index is 1860. The zero-order valence-electron chi connectivity index (χ0n) is 32.5. The van der Waals surface area contributed by atoms with Crippen molar-refractivity contribution < 1.29 is 53.7 Å². The van der Waals surface area contributed by atoms with Gasteiger partial charge in [-0.3, -0.25) is 0 Å². The number of hydrogen-bond donors (Lipinski definition) is 0. The Balaban J connectivity index is 0.00000302. The number of rotatable bonds is 6. The molecule has 6 heteroatoms. The number of allylic oxidation sites excluding steroid dienone is 16. The second-order valence-electron chi connectivity index (χ2n) is 16.7. The van der Waals surface area contributed by atoms with Crippen molar-refractivity contribution in [3.63, 3.8) is 0 Å². The minimum Gasteiger partial charge on any atom is -1.00 e. The van der Waals surface area contributed by atoms with Gasteiger partial charge in [0.05, 0.1) is 0 Å². The Morgan fingerprint density at radius 1 is 0.596 bits per heavy atom. The summed E-state index contributed by atoms with van der Waals surface area (Å²) in [4.78, 5) is 0. The molecular weight excluding hydrogens is 868 g/mol. The summed E-state index contributed by atoms with van der Waals surface area (Å²) in [7, 11) is 0. The van der Waals surface area contributed by atoms with E-state index in [0.29, 0.717) is 7.35 Å². The molecule has 0 spiro atoms. The molecule has 0 N–H and O–H groups in total. The molecule has 0 fully saturated rings. The summed E-state index contributed by atoms with van der Waals surface area (Å²) in [6.45, 7) is 22.3. The first kappa shape index (κ1) is 42.6. The molecule has 0 saturated carbocycles. The molecule has 0 radical (unpaired) electrons. The molecule has 0 aliphatic heterocycles. The van der Waals surface area contributed by atoms with Crippen molar-refractivity contribution in [1.29, 1.82) is 0 Å². The SMILES string of the molecule is CCC1=CC2=C(C=CC=CC2c2ccc(C(C)(C)C)c(F)c2)[CH]1[Hf+2]([CH]1C(CC)=CC2=C1C=CC=CC2c1ccc(C(C)(C)C)c(F)c1)=[Si](C)C.[Cl-].[Cl-]. The predicted molar refractivity (Wildman–Crippen MR) is 208 cm³/mol. The first-order valence-corrected chi connectivity index (χ1v) is 30.5. The normalized spacial score (nSPS) is 22.1. The van der Waals surface area contributed by atoms with E-state index < -0.39 is 25.6 Å². The van der Waals surface area contributed by atoms with Crippen LogP contribution >= 0.6 is 0 Å². The van der Waals surface area contributed by atoms with Crippen LogP contribution in [0.3, 0.4) is 0 Å². The molecule has 0 aromatic heterocycles. The monoisotopic (exact) mass is 922 g/mol. The maximum atomic E-state index is 15.6. The van der Waals surface area contributed by atoms with Crippen LogP contribution in [-0.4, -0.2) is 5.49 Å². The number of hydrogen-bond acceptors (Lipinski definition) is 0. The largest absolute Gasteiger partial charge is 1.00 e. The van der Waals surface area contributed by atoms with E-state index in [1.54, 1.807) is 23.3 Å². The summed E-state index contributed by atoms with van der Waals surface area (Å²) < 4.78 is 32.2. The molecule has 2 aromatic rings. The summed E-state index contributed by atoms with van der Waals surface area (Å²) in [5.74, 6) is -0.157. The smallest absolute Gasteiger partial charge is 1.00 e. The topological polar surface area (TPSA) is 0 Å². The van der Waals surface area contributed by atoms with Crippen LogP contribution in [-0.2, 0) is 30.9 Å². The van der Waals surface area contributed by atoms with Gasteiger partial charge >= 0.3 is 310 Å². The van der Waals surface area contributed by atoms with Crippen molar-refractivity contribution in [2.24, 2.45) is 0 Å². The minimum atomic E-state index is -2.63. The number of halogens is 4. The van der Waals surface area contributed by atoms with E-state index in [4.69, 9.17) is 0 Å². The summed E-state index contributed by atoms with van der Waals surface area (Å²) >= 11 is -2.63. The van der Waals surface area contributed by atoms with Crippen LogP contribution in [0.1, 0.15) is 102 Å². The maximum Gasteiger partial charge on any atom is -1.00 e. The standard InChI is InChI=1S/2C22H24F.C2H6Si.2ClH.Hf/c2*1-5-15-12-16-8-6-7-9-18(19(16)13-15)17-10-11-20(21(23)14-17)22(2,3)4;1-3-2;;;/h2*6-14,18H,5H2,1-4H3;1-2H3;2*1H;/q;;;;;+2/p-2. The van der Waals surface area contributed by atoms with Gasteiger partial charge < -0.3 is 24.8 Å². The van der Waals surface area contributed by atoms with E-state index in [9.17, 15) is 0 Å². The quantitative estimate of drug-likeness (QED) is 0.265. The summed E-state index contributed by atoms with van der Waals surface area (Å²) in [6, 6.07) is 11.9. The van der Waals surface area contributed by atoms with Crippen molar-refractivity contribution in [1.82, 2.24) is 0 Å². The summed E-state index contributed by atoms with van der Waals surface area (Å²) in [5.41, 5.74) is 11.4. The van der Waals surface area contributed by atoms with Gasteiger partial charge in [-0.1, -0.05) is 0 Å². The Morgan fingerprint density at radius 2 is 0.981 bits per heavy atom. The van der Waals surface area contributed by atoms with E-state index in [1.807, 2.05) is 12.1 Å². The Morgan fingerprint density at radius 3 is 1.29 bits per heavy atom. The molecule has 0 amide bonds. The van der Waals surface area contributed by atoms with Crippen molar-refractivity contribution in [3.05, 3.63) is 164 Å². The Labute approximate surface area is 332 Å². The van der Waals surface area contributed by atoms with E-state index in [-0.39, 0.29) is 59.1 Å². The van der Waals surface area contributed by atoms with Gasteiger partial charge in [0.2, 0.25) is 0 Å². The molecule has 4 aliphatic carbocycles. The van der Waals surface area contributed by atoms with Crippen molar-refractivity contribution in [2.45, 2.75) is 111 Å². The van der Waals surface area contributed by atoms with Gasteiger partial charge in [-0.25, -0.2) is 0 Å². The number of benzene rings is 2. The maximum absolute atomic E-state index is 15.6. The van der Waals surface area contributed by atoms with Crippen LogP contribution in [0.5, 0.6) is 0 Å². The molecule has 0 saturated heterocycles. The van der Waals surface area contributed by atoms with Gasteiger partial charge in [-0.15, -0.1) is 0 Å². The van der Waals surface area contributed by atoms with Gasteiger partial charge in [0, 0.05) is 0 Å².